The summed E-state index contributed by atoms with van der Waals surface area (Å²) < 4.78 is 0. The molecule has 5 heteroatoms. The molecule has 3 aromatic carbocycles. The number of benzene rings is 3. The molecular formula is C23H21N3O2. The van der Waals surface area contributed by atoms with Gasteiger partial charge < -0.3 is 15.5 Å². The van der Waals surface area contributed by atoms with Crippen molar-refractivity contribution >= 4 is 23.3 Å². The molecule has 140 valence electrons. The Kier molecular flexibility index (Phi) is 5.06. The number of hydrogen-bond donors (Lipinski definition) is 2. The van der Waals surface area contributed by atoms with Crippen molar-refractivity contribution < 1.29 is 9.59 Å². The zero-order chi connectivity index (χ0) is 19.3. The van der Waals surface area contributed by atoms with Crippen LogP contribution < -0.4 is 15.5 Å². The van der Waals surface area contributed by atoms with Crippen molar-refractivity contribution in [2.24, 2.45) is 0 Å². The summed E-state index contributed by atoms with van der Waals surface area (Å²) in [7, 11) is 0. The number of hydrogen-bond acceptors (Lipinski definition) is 2. The lowest BCUT2D eigenvalue weighted by atomic mass is 10.1. The van der Waals surface area contributed by atoms with Crippen molar-refractivity contribution in [3.63, 3.8) is 0 Å². The fourth-order valence-corrected chi connectivity index (χ4v) is 3.48. The minimum atomic E-state index is -0.768. The van der Waals surface area contributed by atoms with Gasteiger partial charge in [0.05, 0.1) is 0 Å². The van der Waals surface area contributed by atoms with E-state index >= 15 is 0 Å². The summed E-state index contributed by atoms with van der Waals surface area (Å²) in [5.41, 5.74) is 3.49. The molecule has 0 unspecified atom stereocenters. The van der Waals surface area contributed by atoms with Crippen LogP contribution in [0.4, 0.5) is 16.2 Å². The molecule has 28 heavy (non-hydrogen) atoms. The molecule has 0 aromatic heterocycles. The fourth-order valence-electron chi connectivity index (χ4n) is 3.48. The number of urea groups is 1. The van der Waals surface area contributed by atoms with Crippen molar-refractivity contribution in [3.05, 3.63) is 96.1 Å². The fraction of sp³-hybridized carbons (Fsp3) is 0.130. The average molecular weight is 371 g/mol. The number of nitrogens with zero attached hydrogens (tertiary/aromatic N) is 1. The number of fused-ring (bicyclic) bond motifs is 1. The predicted octanol–water partition coefficient (Wildman–Crippen LogP) is 4.14. The maximum atomic E-state index is 13.4. The Bertz CT molecular complexity index is 973. The van der Waals surface area contributed by atoms with Crippen molar-refractivity contribution in [2.45, 2.75) is 12.5 Å². The van der Waals surface area contributed by atoms with E-state index in [1.165, 1.54) is 0 Å². The van der Waals surface area contributed by atoms with Gasteiger partial charge in [0.25, 0.3) is 5.91 Å². The van der Waals surface area contributed by atoms with Crippen LogP contribution in [-0.4, -0.2) is 18.5 Å². The Hall–Kier alpha value is -3.60. The highest BCUT2D eigenvalue weighted by atomic mass is 16.2. The van der Waals surface area contributed by atoms with E-state index in [0.29, 0.717) is 12.2 Å². The number of nitrogens with one attached hydrogen (secondary N) is 2. The highest BCUT2D eigenvalue weighted by Crippen LogP contribution is 2.30. The van der Waals surface area contributed by atoms with Gasteiger partial charge in [0.2, 0.25) is 0 Å². The van der Waals surface area contributed by atoms with E-state index in [4.69, 9.17) is 0 Å². The molecule has 0 saturated carbocycles. The van der Waals surface area contributed by atoms with Gasteiger partial charge in [0.1, 0.15) is 6.04 Å². The number of carbonyl (C=O) groups excluding carboxylic acids is 2. The van der Waals surface area contributed by atoms with E-state index in [9.17, 15) is 9.59 Å². The average Bonchev–Trinajstić information content (AvgIpc) is 3.17. The molecule has 2 N–H and O–H groups in total. The number of amides is 3. The SMILES string of the molecule is O=C(Nc1ccccc1)N[C@@H](C(=O)N1CCc2ccccc21)c1ccccc1. The van der Waals surface area contributed by atoms with Gasteiger partial charge in [-0.05, 0) is 35.7 Å². The van der Waals surface area contributed by atoms with E-state index in [1.54, 1.807) is 17.0 Å². The van der Waals surface area contributed by atoms with E-state index < -0.39 is 12.1 Å². The summed E-state index contributed by atoms with van der Waals surface area (Å²) >= 11 is 0. The highest BCUT2D eigenvalue weighted by molar-refractivity contribution is 6.02. The van der Waals surface area contributed by atoms with Crippen molar-refractivity contribution in [3.8, 4) is 0 Å². The van der Waals surface area contributed by atoms with Gasteiger partial charge in [0, 0.05) is 17.9 Å². The third-order valence-corrected chi connectivity index (χ3v) is 4.84. The molecule has 1 atom stereocenters. The van der Waals surface area contributed by atoms with Gasteiger partial charge in [-0.3, -0.25) is 4.79 Å². The van der Waals surface area contributed by atoms with Crippen LogP contribution >= 0.6 is 0 Å². The first-order valence-electron chi connectivity index (χ1n) is 9.29. The van der Waals surface area contributed by atoms with E-state index in [2.05, 4.69) is 10.6 Å². The number of carbonyl (C=O) groups is 2. The van der Waals surface area contributed by atoms with Crippen LogP contribution in [0.1, 0.15) is 17.2 Å². The summed E-state index contributed by atoms with van der Waals surface area (Å²) in [6, 6.07) is 25.2. The molecule has 3 aromatic rings. The van der Waals surface area contributed by atoms with Crippen LogP contribution in [0.5, 0.6) is 0 Å². The normalized spacial score (nSPS) is 13.5. The zero-order valence-corrected chi connectivity index (χ0v) is 15.3. The Morgan fingerprint density at radius 1 is 0.821 bits per heavy atom. The van der Waals surface area contributed by atoms with Gasteiger partial charge in [-0.15, -0.1) is 0 Å². The smallest absolute Gasteiger partial charge is 0.320 e. The van der Waals surface area contributed by atoms with Crippen LogP contribution in [-0.2, 0) is 11.2 Å². The third-order valence-electron chi connectivity index (χ3n) is 4.84. The summed E-state index contributed by atoms with van der Waals surface area (Å²) in [6.07, 6.45) is 0.819. The lowest BCUT2D eigenvalue weighted by Gasteiger charge is -2.25. The van der Waals surface area contributed by atoms with Crippen LogP contribution in [0, 0.1) is 0 Å². The van der Waals surface area contributed by atoms with E-state index in [-0.39, 0.29) is 5.91 Å². The molecule has 4 rings (SSSR count). The number of rotatable bonds is 4. The molecule has 0 bridgehead atoms. The van der Waals surface area contributed by atoms with Crippen molar-refractivity contribution in [1.82, 2.24) is 5.32 Å². The van der Waals surface area contributed by atoms with E-state index in [0.717, 1.165) is 23.2 Å². The van der Waals surface area contributed by atoms with Gasteiger partial charge in [-0.1, -0.05) is 66.7 Å². The first-order valence-corrected chi connectivity index (χ1v) is 9.29. The van der Waals surface area contributed by atoms with Gasteiger partial charge in [0.15, 0.2) is 0 Å². The zero-order valence-electron chi connectivity index (χ0n) is 15.3. The maximum Gasteiger partial charge on any atom is 0.320 e. The molecule has 0 aliphatic carbocycles. The molecule has 5 nitrogen and oxygen atoms in total. The second-order valence-corrected chi connectivity index (χ2v) is 6.68. The molecule has 3 amide bonds. The van der Waals surface area contributed by atoms with E-state index in [1.807, 2.05) is 72.8 Å². The van der Waals surface area contributed by atoms with Crippen LogP contribution in [0.15, 0.2) is 84.9 Å². The molecule has 0 saturated heterocycles. The van der Waals surface area contributed by atoms with Crippen molar-refractivity contribution in [2.75, 3.05) is 16.8 Å². The molecule has 1 heterocycles. The Morgan fingerprint density at radius 3 is 2.21 bits per heavy atom. The second-order valence-electron chi connectivity index (χ2n) is 6.68. The Morgan fingerprint density at radius 2 is 1.46 bits per heavy atom. The molecule has 0 fully saturated rings. The second kappa shape index (κ2) is 7.96. The number of para-hydroxylation sites is 2. The molecule has 0 spiro atoms. The molecule has 0 radical (unpaired) electrons. The van der Waals surface area contributed by atoms with Gasteiger partial charge >= 0.3 is 6.03 Å². The van der Waals surface area contributed by atoms with Crippen LogP contribution in [0.2, 0.25) is 0 Å². The lowest BCUT2D eigenvalue weighted by Crippen LogP contribution is -2.43. The summed E-state index contributed by atoms with van der Waals surface area (Å²) in [6.45, 7) is 0.615. The lowest BCUT2D eigenvalue weighted by molar-refractivity contribution is -0.120. The standard InChI is InChI=1S/C23H21N3O2/c27-22(26-16-15-17-9-7-8-14-20(17)26)21(18-10-3-1-4-11-18)25-23(28)24-19-12-5-2-6-13-19/h1-14,21H,15-16H2,(H2,24,25,28)/t21-/m1/s1. The topological polar surface area (TPSA) is 61.4 Å². The summed E-state index contributed by atoms with van der Waals surface area (Å²) in [5, 5.41) is 5.63. The minimum absolute atomic E-state index is 0.139. The predicted molar refractivity (Wildman–Crippen MR) is 110 cm³/mol. The van der Waals surface area contributed by atoms with Gasteiger partial charge in [-0.2, -0.15) is 0 Å². The molecular weight excluding hydrogens is 350 g/mol. The summed E-state index contributed by atoms with van der Waals surface area (Å²) in [5.74, 6) is -0.139. The van der Waals surface area contributed by atoms with Crippen molar-refractivity contribution in [1.29, 1.82) is 0 Å². The highest BCUT2D eigenvalue weighted by Gasteiger charge is 2.32. The van der Waals surface area contributed by atoms with Gasteiger partial charge in [-0.25, -0.2) is 4.79 Å². The monoisotopic (exact) mass is 371 g/mol. The first kappa shape index (κ1) is 17.8. The summed E-state index contributed by atoms with van der Waals surface area (Å²) in [4.78, 5) is 27.7. The molecule has 1 aliphatic heterocycles. The quantitative estimate of drug-likeness (QED) is 0.724. The largest absolute Gasteiger partial charge is 0.322 e. The number of anilines is 2. The minimum Gasteiger partial charge on any atom is -0.322 e. The van der Waals surface area contributed by atoms with Crippen LogP contribution in [0.3, 0.4) is 0 Å². The first-order chi connectivity index (χ1) is 13.7. The third kappa shape index (κ3) is 3.74. The Balaban J connectivity index is 1.58. The molecule has 1 aliphatic rings. The maximum absolute atomic E-state index is 13.4. The Labute approximate surface area is 164 Å². The van der Waals surface area contributed by atoms with Crippen LogP contribution in [0.25, 0.3) is 0 Å².